The SMILES string of the molecule is CCCCCCCCN1C(=O)C2(OCCO2)c2cc(CCCC)ccc21. The molecular weight excluding hydrogens is 326 g/mol. The number of carbonyl (C=O) groups is 1. The van der Waals surface area contributed by atoms with Gasteiger partial charge in [-0.2, -0.15) is 0 Å². The van der Waals surface area contributed by atoms with Crippen molar-refractivity contribution in [2.45, 2.75) is 77.4 Å². The van der Waals surface area contributed by atoms with Crippen molar-refractivity contribution in [1.29, 1.82) is 0 Å². The van der Waals surface area contributed by atoms with Crippen LogP contribution in [-0.4, -0.2) is 25.7 Å². The van der Waals surface area contributed by atoms with Crippen molar-refractivity contribution >= 4 is 11.6 Å². The van der Waals surface area contributed by atoms with E-state index in [9.17, 15) is 4.79 Å². The van der Waals surface area contributed by atoms with E-state index in [0.29, 0.717) is 13.2 Å². The Bertz CT molecular complexity index is 607. The number of carbonyl (C=O) groups excluding carboxylic acids is 1. The van der Waals surface area contributed by atoms with Crippen molar-refractivity contribution in [3.8, 4) is 0 Å². The smallest absolute Gasteiger partial charge is 0.292 e. The summed E-state index contributed by atoms with van der Waals surface area (Å²) in [7, 11) is 0. The summed E-state index contributed by atoms with van der Waals surface area (Å²) in [6, 6.07) is 6.38. The molecule has 4 nitrogen and oxygen atoms in total. The fourth-order valence-electron chi connectivity index (χ4n) is 3.98. The van der Waals surface area contributed by atoms with E-state index >= 15 is 0 Å². The molecule has 3 rings (SSSR count). The molecule has 0 bridgehead atoms. The van der Waals surface area contributed by atoms with Crippen LogP contribution in [0.5, 0.6) is 0 Å². The molecule has 1 aromatic rings. The Balaban J connectivity index is 1.73. The van der Waals surface area contributed by atoms with Crippen LogP contribution in [0.4, 0.5) is 5.69 Å². The lowest BCUT2D eigenvalue weighted by Crippen LogP contribution is -2.41. The number of unbranched alkanes of at least 4 members (excludes halogenated alkanes) is 6. The van der Waals surface area contributed by atoms with Crippen LogP contribution in [-0.2, 0) is 26.5 Å². The highest BCUT2D eigenvalue weighted by Gasteiger charge is 2.55. The normalized spacial score (nSPS) is 18.1. The minimum absolute atomic E-state index is 0.0359. The van der Waals surface area contributed by atoms with Crippen LogP contribution in [0.1, 0.15) is 76.3 Å². The third-order valence-electron chi connectivity index (χ3n) is 5.48. The summed E-state index contributed by atoms with van der Waals surface area (Å²) >= 11 is 0. The molecule has 1 amide bonds. The summed E-state index contributed by atoms with van der Waals surface area (Å²) in [5.74, 6) is -1.22. The maximum absolute atomic E-state index is 13.2. The van der Waals surface area contributed by atoms with E-state index in [-0.39, 0.29) is 5.91 Å². The lowest BCUT2D eigenvalue weighted by Gasteiger charge is -2.22. The van der Waals surface area contributed by atoms with Crippen LogP contribution >= 0.6 is 0 Å². The molecule has 1 spiro atoms. The van der Waals surface area contributed by atoms with Gasteiger partial charge in [-0.05, 0) is 37.0 Å². The number of fused-ring (bicyclic) bond motifs is 2. The first-order valence-electron chi connectivity index (χ1n) is 10.5. The molecule has 0 aliphatic carbocycles. The summed E-state index contributed by atoms with van der Waals surface area (Å²) in [6.07, 6.45) is 10.7. The van der Waals surface area contributed by atoms with Crippen molar-refractivity contribution in [3.63, 3.8) is 0 Å². The number of benzene rings is 1. The lowest BCUT2D eigenvalue weighted by molar-refractivity contribution is -0.180. The molecule has 2 aliphatic heterocycles. The number of hydrogen-bond donors (Lipinski definition) is 0. The summed E-state index contributed by atoms with van der Waals surface area (Å²) in [5, 5.41) is 0. The van der Waals surface area contributed by atoms with Gasteiger partial charge >= 0.3 is 0 Å². The average molecular weight is 360 g/mol. The Labute approximate surface area is 157 Å². The van der Waals surface area contributed by atoms with E-state index in [1.54, 1.807) is 0 Å². The van der Waals surface area contributed by atoms with E-state index in [0.717, 1.165) is 43.5 Å². The zero-order chi connectivity index (χ0) is 18.4. The number of aryl methyl sites for hydroxylation is 1. The molecule has 144 valence electrons. The zero-order valence-electron chi connectivity index (χ0n) is 16.4. The molecule has 2 heterocycles. The highest BCUT2D eigenvalue weighted by atomic mass is 16.7. The molecule has 26 heavy (non-hydrogen) atoms. The number of hydrogen-bond acceptors (Lipinski definition) is 3. The average Bonchev–Trinajstić information content (AvgIpc) is 3.23. The lowest BCUT2D eigenvalue weighted by atomic mass is 10.0. The first-order chi connectivity index (χ1) is 12.7. The third-order valence-corrected chi connectivity index (χ3v) is 5.48. The maximum atomic E-state index is 13.2. The van der Waals surface area contributed by atoms with Gasteiger partial charge in [0, 0.05) is 12.1 Å². The largest absolute Gasteiger partial charge is 0.336 e. The number of amides is 1. The summed E-state index contributed by atoms with van der Waals surface area (Å²) in [5.41, 5.74) is 3.16. The Kier molecular flexibility index (Phi) is 6.71. The summed E-state index contributed by atoms with van der Waals surface area (Å²) in [6.45, 7) is 6.14. The van der Waals surface area contributed by atoms with Crippen molar-refractivity contribution in [1.82, 2.24) is 0 Å². The second-order valence-corrected chi connectivity index (χ2v) is 7.49. The first kappa shape index (κ1) is 19.4. The van der Waals surface area contributed by atoms with Crippen LogP contribution in [0, 0.1) is 0 Å². The second-order valence-electron chi connectivity index (χ2n) is 7.49. The van der Waals surface area contributed by atoms with E-state index < -0.39 is 5.79 Å². The van der Waals surface area contributed by atoms with Gasteiger partial charge in [0.15, 0.2) is 0 Å². The molecule has 0 unspecified atom stereocenters. The second kappa shape index (κ2) is 9.01. The highest BCUT2D eigenvalue weighted by molar-refractivity contribution is 6.06. The Morgan fingerprint density at radius 3 is 2.38 bits per heavy atom. The van der Waals surface area contributed by atoms with E-state index in [4.69, 9.17) is 9.47 Å². The van der Waals surface area contributed by atoms with Crippen molar-refractivity contribution < 1.29 is 14.3 Å². The van der Waals surface area contributed by atoms with Gasteiger partial charge in [0.25, 0.3) is 11.7 Å². The molecular formula is C22H33NO3. The molecule has 1 aromatic carbocycles. The Morgan fingerprint density at radius 1 is 0.962 bits per heavy atom. The quantitative estimate of drug-likeness (QED) is 0.556. The first-order valence-corrected chi connectivity index (χ1v) is 10.5. The summed E-state index contributed by atoms with van der Waals surface area (Å²) in [4.78, 5) is 15.0. The van der Waals surface area contributed by atoms with Crippen LogP contribution in [0.3, 0.4) is 0 Å². The van der Waals surface area contributed by atoms with Crippen LogP contribution in [0.2, 0.25) is 0 Å². The maximum Gasteiger partial charge on any atom is 0.292 e. The highest BCUT2D eigenvalue weighted by Crippen LogP contribution is 2.46. The van der Waals surface area contributed by atoms with Crippen molar-refractivity contribution in [3.05, 3.63) is 29.3 Å². The zero-order valence-corrected chi connectivity index (χ0v) is 16.4. The van der Waals surface area contributed by atoms with E-state index in [2.05, 4.69) is 32.0 Å². The van der Waals surface area contributed by atoms with Gasteiger partial charge in [0.1, 0.15) is 0 Å². The van der Waals surface area contributed by atoms with Gasteiger partial charge in [-0.15, -0.1) is 0 Å². The van der Waals surface area contributed by atoms with Crippen LogP contribution < -0.4 is 4.90 Å². The summed E-state index contributed by atoms with van der Waals surface area (Å²) < 4.78 is 11.8. The van der Waals surface area contributed by atoms with Gasteiger partial charge in [-0.3, -0.25) is 4.79 Å². The standard InChI is InChI=1S/C22H33NO3/c1-3-5-7-8-9-10-14-23-20-13-12-18(11-6-4-2)17-19(20)22(21(23)24)25-15-16-26-22/h12-13,17H,3-11,14-16H2,1-2H3. The molecule has 0 atom stereocenters. The number of rotatable bonds is 10. The van der Waals surface area contributed by atoms with Crippen molar-refractivity contribution in [2.75, 3.05) is 24.7 Å². The number of anilines is 1. The topological polar surface area (TPSA) is 38.8 Å². The molecule has 4 heteroatoms. The molecule has 2 aliphatic rings. The molecule has 0 radical (unpaired) electrons. The van der Waals surface area contributed by atoms with Crippen molar-refractivity contribution in [2.24, 2.45) is 0 Å². The third kappa shape index (κ3) is 3.81. The Morgan fingerprint density at radius 2 is 1.65 bits per heavy atom. The van der Waals surface area contributed by atoms with Gasteiger partial charge < -0.3 is 14.4 Å². The molecule has 1 fully saturated rings. The predicted molar refractivity (Wildman–Crippen MR) is 104 cm³/mol. The van der Waals surface area contributed by atoms with E-state index in [1.807, 2.05) is 4.90 Å². The fraction of sp³-hybridized carbons (Fsp3) is 0.682. The van der Waals surface area contributed by atoms with Gasteiger partial charge in [-0.1, -0.05) is 58.4 Å². The Hall–Kier alpha value is -1.39. The van der Waals surface area contributed by atoms with Gasteiger partial charge in [-0.25, -0.2) is 0 Å². The number of ether oxygens (including phenoxy) is 2. The fourth-order valence-corrected chi connectivity index (χ4v) is 3.98. The van der Waals surface area contributed by atoms with Gasteiger partial charge in [0.2, 0.25) is 0 Å². The van der Waals surface area contributed by atoms with Gasteiger partial charge in [0.05, 0.1) is 18.9 Å². The monoisotopic (exact) mass is 359 g/mol. The molecule has 0 N–H and O–H groups in total. The van der Waals surface area contributed by atoms with Crippen LogP contribution in [0.25, 0.3) is 0 Å². The molecule has 0 aromatic heterocycles. The predicted octanol–water partition coefficient (Wildman–Crippen LogP) is 4.94. The minimum Gasteiger partial charge on any atom is -0.336 e. The van der Waals surface area contributed by atoms with E-state index in [1.165, 1.54) is 37.7 Å². The van der Waals surface area contributed by atoms with Crippen LogP contribution in [0.15, 0.2) is 18.2 Å². The molecule has 1 saturated heterocycles. The minimum atomic E-state index is -1.18. The molecule has 0 saturated carbocycles. The number of nitrogens with zero attached hydrogens (tertiary/aromatic N) is 1.